The van der Waals surface area contributed by atoms with Gasteiger partial charge in [-0.15, -0.1) is 0 Å². The maximum Gasteiger partial charge on any atom is 0.308 e. The molecule has 4 heteroatoms. The minimum absolute atomic E-state index is 0.292. The number of hydrogen-bond donors (Lipinski definition) is 0. The number of aryl methyl sites for hydroxylation is 2. The van der Waals surface area contributed by atoms with E-state index in [1.165, 1.54) is 35.2 Å². The molecule has 0 amide bonds. The minimum Gasteiger partial charge on any atom is -0.427 e. The highest BCUT2D eigenvalue weighted by Crippen LogP contribution is 2.37. The third-order valence-electron chi connectivity index (χ3n) is 5.08. The molecule has 0 aliphatic carbocycles. The van der Waals surface area contributed by atoms with E-state index >= 15 is 0 Å². The van der Waals surface area contributed by atoms with Gasteiger partial charge < -0.3 is 4.74 Å². The summed E-state index contributed by atoms with van der Waals surface area (Å²) in [5, 5.41) is 2.47. The van der Waals surface area contributed by atoms with Gasteiger partial charge in [0, 0.05) is 29.5 Å². The molecule has 4 rings (SSSR count). The van der Waals surface area contributed by atoms with Crippen molar-refractivity contribution in [1.29, 1.82) is 0 Å². The molecule has 4 aromatic rings. The Labute approximate surface area is 175 Å². The number of esters is 1. The highest BCUT2D eigenvalue weighted by molar-refractivity contribution is 7.98. The summed E-state index contributed by atoms with van der Waals surface area (Å²) in [4.78, 5) is 11.4. The number of para-hydroxylation sites is 1. The fourth-order valence-corrected chi connectivity index (χ4v) is 4.93. The molecule has 0 aliphatic rings. The Kier molecular flexibility index (Phi) is 5.91. The van der Waals surface area contributed by atoms with Crippen molar-refractivity contribution in [3.8, 4) is 5.75 Å². The predicted molar refractivity (Wildman–Crippen MR) is 123 cm³/mol. The Morgan fingerprint density at radius 1 is 0.966 bits per heavy atom. The summed E-state index contributed by atoms with van der Waals surface area (Å²) in [5.41, 5.74) is 4.84. The lowest BCUT2D eigenvalue weighted by Gasteiger charge is -2.09. The molecule has 0 radical (unpaired) electrons. The molecule has 29 heavy (non-hydrogen) atoms. The average molecular weight is 404 g/mol. The van der Waals surface area contributed by atoms with Gasteiger partial charge in [-0.2, -0.15) is 0 Å². The lowest BCUT2D eigenvalue weighted by Crippen LogP contribution is -2.01. The van der Waals surface area contributed by atoms with Crippen molar-refractivity contribution in [2.24, 2.45) is 0 Å². The molecule has 0 spiro atoms. The number of carbonyl (C=O) groups is 1. The van der Waals surface area contributed by atoms with E-state index < -0.39 is 0 Å². The molecule has 0 atom stereocenters. The van der Waals surface area contributed by atoms with E-state index in [0.29, 0.717) is 5.75 Å². The molecular weight excluding hydrogens is 378 g/mol. The third-order valence-corrected chi connectivity index (χ3v) is 6.21. The number of aromatic nitrogens is 1. The van der Waals surface area contributed by atoms with Crippen LogP contribution in [-0.2, 0) is 11.2 Å². The first-order valence-electron chi connectivity index (χ1n) is 10.0. The normalized spacial score (nSPS) is 11.2. The molecule has 3 aromatic carbocycles. The van der Waals surface area contributed by atoms with Crippen molar-refractivity contribution < 1.29 is 9.53 Å². The van der Waals surface area contributed by atoms with Gasteiger partial charge in [-0.3, -0.25) is 8.77 Å². The van der Waals surface area contributed by atoms with Crippen molar-refractivity contribution >= 4 is 39.7 Å². The van der Waals surface area contributed by atoms with Crippen molar-refractivity contribution in [3.63, 3.8) is 0 Å². The van der Waals surface area contributed by atoms with Crippen LogP contribution in [0, 0.1) is 6.92 Å². The maximum absolute atomic E-state index is 11.4. The van der Waals surface area contributed by atoms with E-state index in [-0.39, 0.29) is 5.97 Å². The number of nitrogens with zero attached hydrogens (tertiary/aromatic N) is 1. The monoisotopic (exact) mass is 403 g/mol. The van der Waals surface area contributed by atoms with Crippen LogP contribution in [0.2, 0.25) is 0 Å². The zero-order valence-corrected chi connectivity index (χ0v) is 17.7. The first-order chi connectivity index (χ1) is 14.1. The molecule has 0 N–H and O–H groups in total. The number of benzene rings is 3. The summed E-state index contributed by atoms with van der Waals surface area (Å²) < 4.78 is 7.68. The van der Waals surface area contributed by atoms with Gasteiger partial charge in [0.05, 0.1) is 11.0 Å². The first kappa shape index (κ1) is 19.6. The summed E-state index contributed by atoms with van der Waals surface area (Å²) in [7, 11) is 0. The predicted octanol–water partition coefficient (Wildman–Crippen LogP) is 6.55. The van der Waals surface area contributed by atoms with Gasteiger partial charge in [-0.1, -0.05) is 48.5 Å². The fraction of sp³-hybridized carbons (Fsp3) is 0.240. The number of rotatable bonds is 7. The van der Waals surface area contributed by atoms with Crippen LogP contribution in [0.1, 0.15) is 30.9 Å². The molecule has 0 fully saturated rings. The van der Waals surface area contributed by atoms with Crippen LogP contribution >= 0.6 is 11.9 Å². The minimum atomic E-state index is -0.292. The Bertz CT molecular complexity index is 1150. The van der Waals surface area contributed by atoms with E-state index in [2.05, 4.69) is 65.5 Å². The van der Waals surface area contributed by atoms with Gasteiger partial charge in [0.2, 0.25) is 0 Å². The van der Waals surface area contributed by atoms with Gasteiger partial charge in [0.1, 0.15) is 5.75 Å². The maximum atomic E-state index is 11.4. The summed E-state index contributed by atoms with van der Waals surface area (Å²) in [6.07, 6.45) is 3.44. The smallest absolute Gasteiger partial charge is 0.308 e. The lowest BCUT2D eigenvalue weighted by molar-refractivity contribution is -0.131. The molecule has 0 bridgehead atoms. The van der Waals surface area contributed by atoms with E-state index in [4.69, 9.17) is 4.74 Å². The highest BCUT2D eigenvalue weighted by atomic mass is 32.2. The summed E-state index contributed by atoms with van der Waals surface area (Å²) >= 11 is 1.83. The van der Waals surface area contributed by atoms with Gasteiger partial charge in [0.15, 0.2) is 0 Å². The fourth-order valence-electron chi connectivity index (χ4n) is 3.83. The third kappa shape index (κ3) is 4.33. The molecular formula is C25H25NO2S. The molecule has 148 valence electrons. The number of hydrogen-bond acceptors (Lipinski definition) is 3. The summed E-state index contributed by atoms with van der Waals surface area (Å²) in [6.45, 7) is 3.52. The van der Waals surface area contributed by atoms with Crippen LogP contribution in [0.4, 0.5) is 0 Å². The Hall–Kier alpha value is -2.72. The molecule has 0 aliphatic heterocycles. The number of unbranched alkanes of at least 4 members (excludes halogenated alkanes) is 1. The van der Waals surface area contributed by atoms with Crippen LogP contribution < -0.4 is 4.74 Å². The van der Waals surface area contributed by atoms with Gasteiger partial charge in [0.25, 0.3) is 0 Å². The van der Waals surface area contributed by atoms with Gasteiger partial charge in [-0.05, 0) is 61.4 Å². The number of fused-ring (bicyclic) bond motifs is 3. The summed E-state index contributed by atoms with van der Waals surface area (Å²) in [5.74, 6) is 1.36. The van der Waals surface area contributed by atoms with E-state index in [9.17, 15) is 4.79 Å². The van der Waals surface area contributed by atoms with E-state index in [1.54, 1.807) is 0 Å². The molecule has 0 unspecified atom stereocenters. The lowest BCUT2D eigenvalue weighted by atomic mass is 10.1. The Balaban J connectivity index is 1.58. The largest absolute Gasteiger partial charge is 0.427 e. The second kappa shape index (κ2) is 8.75. The zero-order valence-electron chi connectivity index (χ0n) is 16.9. The molecule has 3 nitrogen and oxygen atoms in total. The van der Waals surface area contributed by atoms with Crippen LogP contribution in [0.5, 0.6) is 5.75 Å². The van der Waals surface area contributed by atoms with Crippen LogP contribution in [0.15, 0.2) is 66.7 Å². The van der Waals surface area contributed by atoms with Crippen LogP contribution in [-0.4, -0.2) is 15.7 Å². The number of carbonyl (C=O) groups excluding carboxylic acids is 1. The Morgan fingerprint density at radius 3 is 2.52 bits per heavy atom. The topological polar surface area (TPSA) is 31.2 Å². The van der Waals surface area contributed by atoms with Gasteiger partial charge >= 0.3 is 5.97 Å². The standard InChI is InChI=1S/C25H25NO2S/c1-18-16-21(28-19(2)27)17-24-25(18)22-13-6-7-14-23(22)26(24)29-15-9-8-12-20-10-4-3-5-11-20/h3-7,10-11,13-14,16-17H,8-9,12,15H2,1-2H3. The van der Waals surface area contributed by atoms with E-state index in [0.717, 1.165) is 29.7 Å². The van der Waals surface area contributed by atoms with Crippen molar-refractivity contribution in [2.45, 2.75) is 33.1 Å². The van der Waals surface area contributed by atoms with E-state index in [1.807, 2.05) is 24.1 Å². The van der Waals surface area contributed by atoms with Crippen LogP contribution in [0.3, 0.4) is 0 Å². The SMILES string of the molecule is CC(=O)Oc1cc(C)c2c3ccccc3n(SCCCCc3ccccc3)c2c1. The average Bonchev–Trinajstić information content (AvgIpc) is 3.02. The molecule has 1 aromatic heterocycles. The van der Waals surface area contributed by atoms with Gasteiger partial charge in [-0.25, -0.2) is 0 Å². The summed E-state index contributed by atoms with van der Waals surface area (Å²) in [6, 6.07) is 23.1. The molecule has 1 heterocycles. The van der Waals surface area contributed by atoms with Crippen molar-refractivity contribution in [2.75, 3.05) is 5.75 Å². The first-order valence-corrected chi connectivity index (χ1v) is 11.0. The van der Waals surface area contributed by atoms with Crippen molar-refractivity contribution in [1.82, 2.24) is 3.97 Å². The highest BCUT2D eigenvalue weighted by Gasteiger charge is 2.15. The second-order valence-corrected chi connectivity index (χ2v) is 8.35. The Morgan fingerprint density at radius 2 is 1.72 bits per heavy atom. The zero-order chi connectivity index (χ0) is 20.2. The second-order valence-electron chi connectivity index (χ2n) is 7.32. The molecule has 0 saturated carbocycles. The number of ether oxygens (including phenoxy) is 1. The quantitative estimate of drug-likeness (QED) is 0.199. The molecule has 0 saturated heterocycles. The van der Waals surface area contributed by atoms with Crippen LogP contribution in [0.25, 0.3) is 21.8 Å². The van der Waals surface area contributed by atoms with Crippen molar-refractivity contribution in [3.05, 3.63) is 77.9 Å².